The molecule has 0 aliphatic rings. The summed E-state index contributed by atoms with van der Waals surface area (Å²) in [7, 11) is 1.49. The van der Waals surface area contributed by atoms with Gasteiger partial charge in [0.2, 0.25) is 0 Å². The number of nitrogens with zero attached hydrogens (tertiary/aromatic N) is 1. The number of hydrogen-bond donors (Lipinski definition) is 1. The summed E-state index contributed by atoms with van der Waals surface area (Å²) in [5.74, 6) is -0.785. The molecule has 0 fully saturated rings. The predicted molar refractivity (Wildman–Crippen MR) is 335 cm³/mol. The maximum Gasteiger partial charge on any atom is 0.472 e. The second-order valence-electron chi connectivity index (χ2n) is 23.5. The molecule has 1 N–H and O–H groups in total. The van der Waals surface area contributed by atoms with Gasteiger partial charge in [-0.05, 0) is 77.0 Å². The van der Waals surface area contributed by atoms with Crippen LogP contribution in [0.15, 0.2) is 60.8 Å². The van der Waals surface area contributed by atoms with E-state index in [1.807, 2.05) is 21.1 Å². The minimum Gasteiger partial charge on any atom is -0.462 e. The smallest absolute Gasteiger partial charge is 0.462 e. The molecule has 0 aromatic rings. The zero-order valence-electron chi connectivity index (χ0n) is 51.9. The van der Waals surface area contributed by atoms with Crippen LogP contribution >= 0.6 is 7.82 Å². The first kappa shape index (κ1) is 75.7. The second kappa shape index (κ2) is 59.3. The molecule has 10 heteroatoms. The number of carbonyl (C=O) groups excluding carboxylic acids is 2. The third-order valence-corrected chi connectivity index (χ3v) is 15.5. The highest BCUT2D eigenvalue weighted by molar-refractivity contribution is 7.47. The molecular formula is C68H127NO8P+. The van der Waals surface area contributed by atoms with Crippen molar-refractivity contribution in [1.82, 2.24) is 0 Å². The summed E-state index contributed by atoms with van der Waals surface area (Å²) in [6, 6.07) is 0. The van der Waals surface area contributed by atoms with Gasteiger partial charge in [-0.15, -0.1) is 0 Å². The molecule has 0 rings (SSSR count). The molecule has 0 radical (unpaired) electrons. The molecule has 0 aliphatic carbocycles. The molecule has 9 nitrogen and oxygen atoms in total. The second-order valence-corrected chi connectivity index (χ2v) is 24.9. The van der Waals surface area contributed by atoms with Gasteiger partial charge in [-0.25, -0.2) is 4.57 Å². The van der Waals surface area contributed by atoms with Crippen LogP contribution in [0.2, 0.25) is 0 Å². The first-order valence-corrected chi connectivity index (χ1v) is 34.5. The van der Waals surface area contributed by atoms with Crippen LogP contribution in [0.1, 0.15) is 309 Å². The number of hydrogen-bond acceptors (Lipinski definition) is 7. The van der Waals surface area contributed by atoms with Crippen molar-refractivity contribution < 1.29 is 42.1 Å². The molecule has 0 spiro atoms. The number of quaternary nitrogens is 1. The first-order chi connectivity index (χ1) is 38.0. The van der Waals surface area contributed by atoms with E-state index >= 15 is 0 Å². The fourth-order valence-corrected chi connectivity index (χ4v) is 10.2. The number of unbranched alkanes of at least 4 members (excludes halogenated alkanes) is 37. The van der Waals surface area contributed by atoms with Gasteiger partial charge in [0, 0.05) is 12.8 Å². The number of ether oxygens (including phenoxy) is 2. The normalized spacial score (nSPS) is 13.6. The number of rotatable bonds is 61. The summed E-state index contributed by atoms with van der Waals surface area (Å²) in [6.07, 6.45) is 77.5. The van der Waals surface area contributed by atoms with Crippen LogP contribution in [0.3, 0.4) is 0 Å². The summed E-state index contributed by atoms with van der Waals surface area (Å²) in [4.78, 5) is 35.8. The molecule has 0 aromatic heterocycles. The molecule has 0 heterocycles. The molecular weight excluding hydrogens is 990 g/mol. The molecule has 0 aromatic carbocycles. The number of phosphoric acid groups is 1. The molecule has 2 unspecified atom stereocenters. The molecule has 78 heavy (non-hydrogen) atoms. The zero-order chi connectivity index (χ0) is 57.0. The van der Waals surface area contributed by atoms with Crippen molar-refractivity contribution in [2.45, 2.75) is 315 Å². The summed E-state index contributed by atoms with van der Waals surface area (Å²) >= 11 is 0. The van der Waals surface area contributed by atoms with E-state index in [1.54, 1.807) is 0 Å². The molecule has 0 aliphatic heterocycles. The number of allylic oxidation sites excluding steroid dienone is 10. The van der Waals surface area contributed by atoms with E-state index < -0.39 is 26.5 Å². The Kier molecular flexibility index (Phi) is 57.6. The highest BCUT2D eigenvalue weighted by Crippen LogP contribution is 2.43. The highest BCUT2D eigenvalue weighted by atomic mass is 31.2. The maximum atomic E-state index is 12.9. The SMILES string of the molecule is CC/C=C\C/C=C\C/C=C\C/C=C\CCCCCCCCCCCCCCCCCCCCCCCCC(=O)OC(COC(=O)CCCCCCCCCCC/C=C\CCCCCCCC)COP(=O)(O)OCC[N+](C)(C)C. The Morgan fingerprint density at radius 2 is 0.731 bits per heavy atom. The lowest BCUT2D eigenvalue weighted by Gasteiger charge is -2.24. The Labute approximate surface area is 483 Å². The lowest BCUT2D eigenvalue weighted by atomic mass is 10.0. The van der Waals surface area contributed by atoms with Crippen LogP contribution < -0.4 is 0 Å². The monoisotopic (exact) mass is 1120 g/mol. The summed E-state index contributed by atoms with van der Waals surface area (Å²) < 4.78 is 34.7. The molecule has 456 valence electrons. The summed E-state index contributed by atoms with van der Waals surface area (Å²) in [5.41, 5.74) is 0. The third kappa shape index (κ3) is 62.9. The zero-order valence-corrected chi connectivity index (χ0v) is 52.8. The van der Waals surface area contributed by atoms with Crippen LogP contribution in [-0.2, 0) is 32.7 Å². The predicted octanol–water partition coefficient (Wildman–Crippen LogP) is 21.0. The topological polar surface area (TPSA) is 108 Å². The number of esters is 2. The fourth-order valence-electron chi connectivity index (χ4n) is 9.48. The van der Waals surface area contributed by atoms with E-state index in [0.29, 0.717) is 17.4 Å². The van der Waals surface area contributed by atoms with Crippen molar-refractivity contribution in [3.05, 3.63) is 60.8 Å². The van der Waals surface area contributed by atoms with Gasteiger partial charge in [0.25, 0.3) is 0 Å². The largest absolute Gasteiger partial charge is 0.472 e. The molecule has 0 saturated heterocycles. The molecule has 0 bridgehead atoms. The fraction of sp³-hybridized carbons (Fsp3) is 0.824. The average molecular weight is 1120 g/mol. The van der Waals surface area contributed by atoms with E-state index in [4.69, 9.17) is 18.5 Å². The van der Waals surface area contributed by atoms with Gasteiger partial charge in [0.1, 0.15) is 19.8 Å². The Morgan fingerprint density at radius 3 is 1.10 bits per heavy atom. The minimum atomic E-state index is -4.39. The molecule has 0 saturated carbocycles. The van der Waals surface area contributed by atoms with Gasteiger partial charge in [-0.2, -0.15) is 0 Å². The van der Waals surface area contributed by atoms with Crippen molar-refractivity contribution >= 4 is 19.8 Å². The van der Waals surface area contributed by atoms with Gasteiger partial charge >= 0.3 is 19.8 Å². The van der Waals surface area contributed by atoms with E-state index in [2.05, 4.69) is 74.6 Å². The van der Waals surface area contributed by atoms with E-state index in [9.17, 15) is 19.0 Å². The maximum absolute atomic E-state index is 12.9. The lowest BCUT2D eigenvalue weighted by molar-refractivity contribution is -0.870. The van der Waals surface area contributed by atoms with Crippen molar-refractivity contribution in [3.63, 3.8) is 0 Å². The van der Waals surface area contributed by atoms with E-state index in [1.165, 1.54) is 218 Å². The van der Waals surface area contributed by atoms with Gasteiger partial charge in [-0.3, -0.25) is 18.6 Å². The first-order valence-electron chi connectivity index (χ1n) is 33.0. The van der Waals surface area contributed by atoms with Crippen molar-refractivity contribution in [2.24, 2.45) is 0 Å². The van der Waals surface area contributed by atoms with Gasteiger partial charge in [-0.1, -0.05) is 280 Å². The molecule has 0 amide bonds. The average Bonchev–Trinajstić information content (AvgIpc) is 3.41. The number of phosphoric ester groups is 1. The van der Waals surface area contributed by atoms with Gasteiger partial charge in [0.05, 0.1) is 27.7 Å². The quantitative estimate of drug-likeness (QED) is 0.0211. The van der Waals surface area contributed by atoms with E-state index in [0.717, 1.165) is 57.8 Å². The van der Waals surface area contributed by atoms with Crippen molar-refractivity contribution in [1.29, 1.82) is 0 Å². The van der Waals surface area contributed by atoms with Gasteiger partial charge < -0.3 is 18.9 Å². The highest BCUT2D eigenvalue weighted by Gasteiger charge is 2.27. The number of carbonyl (C=O) groups is 2. The lowest BCUT2D eigenvalue weighted by Crippen LogP contribution is -2.37. The third-order valence-electron chi connectivity index (χ3n) is 14.5. The summed E-state index contributed by atoms with van der Waals surface area (Å²) in [5, 5.41) is 0. The Morgan fingerprint density at radius 1 is 0.410 bits per heavy atom. The molecule has 2 atom stereocenters. The van der Waals surface area contributed by atoms with Crippen LogP contribution in [0.25, 0.3) is 0 Å². The Bertz CT molecular complexity index is 1500. The number of likely N-dealkylation sites (N-methyl/N-ethyl adjacent to an activating group) is 1. The van der Waals surface area contributed by atoms with E-state index in [-0.39, 0.29) is 32.0 Å². The van der Waals surface area contributed by atoms with Crippen molar-refractivity contribution in [2.75, 3.05) is 47.5 Å². The van der Waals surface area contributed by atoms with Crippen LogP contribution in [0, 0.1) is 0 Å². The Hall–Kier alpha value is -2.29. The summed E-state index contributed by atoms with van der Waals surface area (Å²) in [6.45, 7) is 4.36. The van der Waals surface area contributed by atoms with Crippen LogP contribution in [-0.4, -0.2) is 74.9 Å². The van der Waals surface area contributed by atoms with Crippen LogP contribution in [0.5, 0.6) is 0 Å². The standard InChI is InChI=1S/C68H126NO8P/c1-6-8-10-12-14-16-18-20-22-24-26-27-28-29-30-31-32-33-34-35-36-37-38-39-40-41-43-45-47-49-51-53-55-57-59-61-68(71)77-66(65-76-78(72,73)75-63-62-69(3,4)5)64-74-67(70)60-58-56-54-52-50-48-46-44-42-25-23-21-19-17-15-13-11-9-7-2/h8,10,14,16,20-23,26-27,66H,6-7,9,11-13,15,17-19,24-25,28-65H2,1-5H3/p+1/b10-8-,16-14-,22-20-,23-21-,27-26-. The Balaban J connectivity index is 3.98. The van der Waals surface area contributed by atoms with Crippen molar-refractivity contribution in [3.8, 4) is 0 Å². The van der Waals surface area contributed by atoms with Crippen LogP contribution in [0.4, 0.5) is 0 Å². The minimum absolute atomic E-state index is 0.0326. The van der Waals surface area contributed by atoms with Gasteiger partial charge in [0.15, 0.2) is 6.10 Å².